The molecule has 0 amide bonds. The van der Waals surface area contributed by atoms with E-state index in [9.17, 15) is 15.3 Å². The van der Waals surface area contributed by atoms with Crippen LogP contribution in [0.1, 0.15) is 32.4 Å². The Morgan fingerprint density at radius 3 is 2.54 bits per heavy atom. The number of aliphatic hydroxyl groups is 1. The molecule has 0 aliphatic carbocycles. The first kappa shape index (κ1) is 19.9. The Morgan fingerprint density at radius 2 is 1.86 bits per heavy atom. The lowest BCUT2D eigenvalue weighted by Gasteiger charge is -2.12. The zero-order valence-corrected chi connectivity index (χ0v) is 16.4. The van der Waals surface area contributed by atoms with E-state index in [4.69, 9.17) is 11.6 Å². The molecule has 2 heterocycles. The van der Waals surface area contributed by atoms with Gasteiger partial charge in [0.05, 0.1) is 17.2 Å². The summed E-state index contributed by atoms with van der Waals surface area (Å²) in [4.78, 5) is 8.84. The second-order valence-corrected chi connectivity index (χ2v) is 7.12. The molecule has 28 heavy (non-hydrogen) atoms. The number of nitrogens with one attached hydrogen (secondary N) is 2. The Labute approximate surface area is 166 Å². The average Bonchev–Trinajstić information content (AvgIpc) is 3.06. The van der Waals surface area contributed by atoms with Gasteiger partial charge in [-0.2, -0.15) is 9.97 Å². The monoisotopic (exact) mass is 407 g/mol. The van der Waals surface area contributed by atoms with Crippen LogP contribution in [0.3, 0.4) is 0 Å². The molecule has 1 aromatic carbocycles. The molecule has 150 valence electrons. The normalized spacial score (nSPS) is 12.5. The van der Waals surface area contributed by atoms with Crippen LogP contribution in [0.15, 0.2) is 12.1 Å². The van der Waals surface area contributed by atoms with Crippen molar-refractivity contribution in [3.63, 3.8) is 0 Å². The molecular weight excluding hydrogens is 386 g/mol. The molecule has 1 unspecified atom stereocenters. The van der Waals surface area contributed by atoms with Crippen molar-refractivity contribution in [2.45, 2.75) is 39.5 Å². The number of hydrogen-bond donors (Lipinski definition) is 5. The first-order valence-electron chi connectivity index (χ1n) is 8.75. The van der Waals surface area contributed by atoms with Gasteiger partial charge in [0.25, 0.3) is 0 Å². The summed E-state index contributed by atoms with van der Waals surface area (Å²) in [6.07, 6.45) is -0.571. The SMILES string of the molecule is CC(O)CNc1nc(NCc2cc(O)c(Cl)cc2O)c2nnn(C(C)C)c2n1. The van der Waals surface area contributed by atoms with E-state index in [1.807, 2.05) is 13.8 Å². The molecule has 5 N–H and O–H groups in total. The van der Waals surface area contributed by atoms with Crippen LogP contribution in [-0.2, 0) is 6.54 Å². The number of halogens is 1. The maximum absolute atomic E-state index is 10.0. The summed E-state index contributed by atoms with van der Waals surface area (Å²) in [5, 5.41) is 43.7. The van der Waals surface area contributed by atoms with Gasteiger partial charge in [0, 0.05) is 24.7 Å². The molecular formula is C17H22ClN7O3. The van der Waals surface area contributed by atoms with Crippen LogP contribution in [0.2, 0.25) is 5.02 Å². The highest BCUT2D eigenvalue weighted by Crippen LogP contribution is 2.31. The van der Waals surface area contributed by atoms with E-state index in [-0.39, 0.29) is 35.7 Å². The predicted molar refractivity (Wildman–Crippen MR) is 106 cm³/mol. The van der Waals surface area contributed by atoms with Gasteiger partial charge < -0.3 is 26.0 Å². The highest BCUT2D eigenvalue weighted by Gasteiger charge is 2.17. The Kier molecular flexibility index (Phi) is 5.71. The highest BCUT2D eigenvalue weighted by molar-refractivity contribution is 6.32. The van der Waals surface area contributed by atoms with Gasteiger partial charge in [0.15, 0.2) is 17.0 Å². The van der Waals surface area contributed by atoms with Crippen LogP contribution in [0.4, 0.5) is 11.8 Å². The van der Waals surface area contributed by atoms with Crippen molar-refractivity contribution >= 4 is 34.5 Å². The van der Waals surface area contributed by atoms with Gasteiger partial charge in [0.1, 0.15) is 11.5 Å². The summed E-state index contributed by atoms with van der Waals surface area (Å²) in [6, 6.07) is 2.68. The summed E-state index contributed by atoms with van der Waals surface area (Å²) in [6.45, 7) is 6.01. The van der Waals surface area contributed by atoms with E-state index >= 15 is 0 Å². The number of rotatable bonds is 7. The second-order valence-electron chi connectivity index (χ2n) is 6.71. The average molecular weight is 408 g/mol. The lowest BCUT2D eigenvalue weighted by atomic mass is 10.2. The van der Waals surface area contributed by atoms with Crippen LogP contribution < -0.4 is 10.6 Å². The molecule has 11 heteroatoms. The molecule has 0 saturated heterocycles. The predicted octanol–water partition coefficient (Wildman–Crippen LogP) is 2.27. The molecule has 2 aromatic heterocycles. The molecule has 0 aliphatic rings. The van der Waals surface area contributed by atoms with E-state index in [0.29, 0.717) is 28.5 Å². The lowest BCUT2D eigenvalue weighted by molar-refractivity contribution is 0.208. The molecule has 0 fully saturated rings. The molecule has 1 atom stereocenters. The lowest BCUT2D eigenvalue weighted by Crippen LogP contribution is -2.18. The third kappa shape index (κ3) is 4.18. The van der Waals surface area contributed by atoms with Crippen molar-refractivity contribution in [1.29, 1.82) is 0 Å². The second kappa shape index (κ2) is 8.03. The molecule has 10 nitrogen and oxygen atoms in total. The van der Waals surface area contributed by atoms with Gasteiger partial charge >= 0.3 is 0 Å². The molecule has 0 saturated carbocycles. The number of hydrogen-bond acceptors (Lipinski definition) is 9. The fraction of sp³-hybridized carbons (Fsp3) is 0.412. The number of phenols is 2. The van der Waals surface area contributed by atoms with Crippen LogP contribution in [0.25, 0.3) is 11.2 Å². The number of aliphatic hydroxyl groups excluding tert-OH is 1. The van der Waals surface area contributed by atoms with Crippen LogP contribution in [0.5, 0.6) is 11.5 Å². The molecule has 0 radical (unpaired) electrons. The fourth-order valence-electron chi connectivity index (χ4n) is 2.53. The standard InChI is InChI=1S/C17H22ClN7O3/c1-8(2)25-16-14(23-24-25)15(21-17(22-16)20-6-9(3)26)19-7-10-4-13(28)11(18)5-12(10)27/h4-5,8-9,26-28H,6-7H2,1-3H3,(H2,19,20,21,22). The van der Waals surface area contributed by atoms with Gasteiger partial charge in [-0.15, -0.1) is 5.10 Å². The number of anilines is 2. The van der Waals surface area contributed by atoms with Crippen molar-refractivity contribution in [2.75, 3.05) is 17.2 Å². The Hall–Kier alpha value is -2.85. The number of phenolic OH excluding ortho intramolecular Hbond substituents is 2. The third-order valence-corrected chi connectivity index (χ3v) is 4.27. The van der Waals surface area contributed by atoms with Gasteiger partial charge in [0.2, 0.25) is 5.95 Å². The number of nitrogens with zero attached hydrogens (tertiary/aromatic N) is 5. The van der Waals surface area contributed by atoms with Crippen molar-refractivity contribution in [3.8, 4) is 11.5 Å². The smallest absolute Gasteiger partial charge is 0.226 e. The minimum atomic E-state index is -0.571. The van der Waals surface area contributed by atoms with Gasteiger partial charge in [-0.3, -0.25) is 0 Å². The van der Waals surface area contributed by atoms with Crippen molar-refractivity contribution < 1.29 is 15.3 Å². The van der Waals surface area contributed by atoms with E-state index in [2.05, 4.69) is 30.9 Å². The zero-order chi connectivity index (χ0) is 20.4. The van der Waals surface area contributed by atoms with Crippen molar-refractivity contribution in [1.82, 2.24) is 25.0 Å². The van der Waals surface area contributed by atoms with Crippen LogP contribution >= 0.6 is 11.6 Å². The van der Waals surface area contributed by atoms with Gasteiger partial charge in [-0.05, 0) is 26.8 Å². The third-order valence-electron chi connectivity index (χ3n) is 3.96. The van der Waals surface area contributed by atoms with E-state index in [1.165, 1.54) is 12.1 Å². The number of fused-ring (bicyclic) bond motifs is 1. The molecule has 0 bridgehead atoms. The first-order chi connectivity index (χ1) is 13.3. The van der Waals surface area contributed by atoms with E-state index < -0.39 is 6.10 Å². The summed E-state index contributed by atoms with van der Waals surface area (Å²) >= 11 is 5.79. The summed E-state index contributed by atoms with van der Waals surface area (Å²) in [7, 11) is 0. The van der Waals surface area contributed by atoms with E-state index in [0.717, 1.165) is 0 Å². The van der Waals surface area contributed by atoms with Gasteiger partial charge in [-0.1, -0.05) is 16.8 Å². The topological polar surface area (TPSA) is 141 Å². The van der Waals surface area contributed by atoms with Crippen molar-refractivity contribution in [2.24, 2.45) is 0 Å². The minimum absolute atomic E-state index is 0.0367. The number of aromatic nitrogens is 5. The number of aromatic hydroxyl groups is 2. The van der Waals surface area contributed by atoms with Crippen LogP contribution in [0, 0.1) is 0 Å². The summed E-state index contributed by atoms with van der Waals surface area (Å²) in [5.74, 6) is 0.523. The maximum Gasteiger partial charge on any atom is 0.226 e. The largest absolute Gasteiger partial charge is 0.508 e. The molecule has 3 rings (SSSR count). The molecule has 0 aliphatic heterocycles. The Morgan fingerprint density at radius 1 is 1.11 bits per heavy atom. The zero-order valence-electron chi connectivity index (χ0n) is 15.7. The first-order valence-corrected chi connectivity index (χ1v) is 9.13. The number of benzene rings is 1. The summed E-state index contributed by atoms with van der Waals surface area (Å²) < 4.78 is 1.67. The highest BCUT2D eigenvalue weighted by atomic mass is 35.5. The van der Waals surface area contributed by atoms with E-state index in [1.54, 1.807) is 11.6 Å². The Balaban J connectivity index is 1.95. The molecule has 0 spiro atoms. The Bertz CT molecular complexity index is 991. The molecule has 3 aromatic rings. The summed E-state index contributed by atoms with van der Waals surface area (Å²) in [5.41, 5.74) is 1.43. The van der Waals surface area contributed by atoms with Crippen LogP contribution in [-0.4, -0.2) is 52.9 Å². The van der Waals surface area contributed by atoms with Crippen molar-refractivity contribution in [3.05, 3.63) is 22.7 Å². The van der Waals surface area contributed by atoms with Gasteiger partial charge in [-0.25, -0.2) is 4.68 Å². The maximum atomic E-state index is 10.0. The fourth-order valence-corrected chi connectivity index (χ4v) is 2.69. The quantitative estimate of drug-likeness (QED) is 0.373. The minimum Gasteiger partial charge on any atom is -0.508 e.